The van der Waals surface area contributed by atoms with Gasteiger partial charge in [-0.2, -0.15) is 0 Å². The van der Waals surface area contributed by atoms with Crippen molar-refractivity contribution in [2.24, 2.45) is 35.3 Å². The largest absolute Gasteiger partial charge is 0.352 e. The number of hydrogen-bond acceptors (Lipinski definition) is 2. The number of amides is 1. The van der Waals surface area contributed by atoms with Crippen LogP contribution >= 0.6 is 0 Å². The Morgan fingerprint density at radius 2 is 1.70 bits per heavy atom. The third-order valence-corrected chi connectivity index (χ3v) is 5.76. The Morgan fingerprint density at radius 1 is 1.10 bits per heavy atom. The lowest BCUT2D eigenvalue weighted by atomic mass is 10.0. The van der Waals surface area contributed by atoms with Gasteiger partial charge in [0.15, 0.2) is 0 Å². The van der Waals surface area contributed by atoms with Crippen LogP contribution in [0.25, 0.3) is 0 Å². The van der Waals surface area contributed by atoms with Crippen LogP contribution in [-0.4, -0.2) is 5.91 Å². The maximum Gasteiger partial charge on any atom is 0.223 e. The molecule has 4 unspecified atom stereocenters. The van der Waals surface area contributed by atoms with Crippen molar-refractivity contribution >= 4 is 5.91 Å². The highest BCUT2D eigenvalue weighted by Gasteiger charge is 2.67. The molecule has 106 valence electrons. The maximum atomic E-state index is 12.3. The zero-order valence-electron chi connectivity index (χ0n) is 11.7. The lowest BCUT2D eigenvalue weighted by Crippen LogP contribution is -2.27. The van der Waals surface area contributed by atoms with E-state index >= 15 is 0 Å². The molecule has 3 aliphatic rings. The Bertz CT molecular complexity index is 508. The van der Waals surface area contributed by atoms with Crippen molar-refractivity contribution in [2.75, 3.05) is 0 Å². The van der Waals surface area contributed by atoms with Gasteiger partial charge in [-0.3, -0.25) is 4.79 Å². The summed E-state index contributed by atoms with van der Waals surface area (Å²) in [7, 11) is 0. The molecule has 2 bridgehead atoms. The molecule has 0 radical (unpaired) electrons. The van der Waals surface area contributed by atoms with Gasteiger partial charge in [0.1, 0.15) is 0 Å². The van der Waals surface area contributed by atoms with Gasteiger partial charge in [-0.1, -0.05) is 24.3 Å². The average molecular weight is 270 g/mol. The van der Waals surface area contributed by atoms with E-state index in [-0.39, 0.29) is 0 Å². The van der Waals surface area contributed by atoms with Crippen LogP contribution in [0.1, 0.15) is 30.4 Å². The number of benzene rings is 1. The first kappa shape index (κ1) is 12.4. The molecule has 3 saturated carbocycles. The van der Waals surface area contributed by atoms with Gasteiger partial charge in [0.25, 0.3) is 0 Å². The molecular weight excluding hydrogens is 248 g/mol. The van der Waals surface area contributed by atoms with Gasteiger partial charge in [-0.15, -0.1) is 0 Å². The van der Waals surface area contributed by atoms with E-state index in [0.29, 0.717) is 24.9 Å². The Balaban J connectivity index is 1.33. The first-order valence-electron chi connectivity index (χ1n) is 7.83. The molecule has 0 aromatic heterocycles. The molecule has 4 atom stereocenters. The quantitative estimate of drug-likeness (QED) is 0.880. The smallest absolute Gasteiger partial charge is 0.223 e. The van der Waals surface area contributed by atoms with Crippen molar-refractivity contribution in [2.45, 2.75) is 32.4 Å². The lowest BCUT2D eigenvalue weighted by Gasteiger charge is -2.10. The second-order valence-electron chi connectivity index (χ2n) is 6.75. The summed E-state index contributed by atoms with van der Waals surface area (Å²) in [5.74, 6) is 3.82. The number of fused-ring (bicyclic) bond motifs is 5. The number of carbonyl (C=O) groups is 1. The van der Waals surface area contributed by atoms with Crippen LogP contribution in [0, 0.1) is 29.6 Å². The minimum atomic E-state index is 0.291. The van der Waals surface area contributed by atoms with E-state index in [0.717, 1.165) is 34.8 Å². The highest BCUT2D eigenvalue weighted by molar-refractivity contribution is 5.82. The number of nitrogens with two attached hydrogens (primary N) is 1. The Morgan fingerprint density at radius 3 is 2.30 bits per heavy atom. The van der Waals surface area contributed by atoms with Gasteiger partial charge >= 0.3 is 0 Å². The predicted octanol–water partition coefficient (Wildman–Crippen LogP) is 2.05. The van der Waals surface area contributed by atoms with Crippen LogP contribution in [0.3, 0.4) is 0 Å². The fraction of sp³-hybridized carbons (Fsp3) is 0.588. The minimum absolute atomic E-state index is 0.291. The SMILES string of the molecule is NCc1ccc(CNC(=O)C2C3C4CCC(C4)C23)cc1. The second kappa shape index (κ2) is 4.59. The molecule has 0 spiro atoms. The minimum Gasteiger partial charge on any atom is -0.352 e. The molecule has 3 nitrogen and oxygen atoms in total. The first-order valence-corrected chi connectivity index (χ1v) is 7.83. The topological polar surface area (TPSA) is 55.1 Å². The summed E-state index contributed by atoms with van der Waals surface area (Å²) in [6.07, 6.45) is 4.14. The van der Waals surface area contributed by atoms with Gasteiger partial charge in [0, 0.05) is 19.0 Å². The number of carbonyl (C=O) groups excluding carboxylic acids is 1. The molecule has 1 aromatic rings. The van der Waals surface area contributed by atoms with Gasteiger partial charge in [-0.05, 0) is 54.1 Å². The molecule has 4 rings (SSSR count). The Hall–Kier alpha value is -1.35. The van der Waals surface area contributed by atoms with Crippen molar-refractivity contribution in [1.82, 2.24) is 5.32 Å². The monoisotopic (exact) mass is 270 g/mol. The van der Waals surface area contributed by atoms with E-state index in [9.17, 15) is 4.79 Å². The summed E-state index contributed by atoms with van der Waals surface area (Å²) in [6.45, 7) is 1.22. The summed E-state index contributed by atoms with van der Waals surface area (Å²) in [5, 5.41) is 3.13. The predicted molar refractivity (Wildman–Crippen MR) is 77.5 cm³/mol. The van der Waals surface area contributed by atoms with E-state index in [1.807, 2.05) is 12.1 Å². The molecular formula is C17H22N2O. The third kappa shape index (κ3) is 1.87. The van der Waals surface area contributed by atoms with Gasteiger partial charge in [-0.25, -0.2) is 0 Å². The molecule has 1 aromatic carbocycles. The molecule has 0 saturated heterocycles. The number of rotatable bonds is 4. The van der Waals surface area contributed by atoms with E-state index in [1.54, 1.807) is 0 Å². The second-order valence-corrected chi connectivity index (χ2v) is 6.75. The zero-order chi connectivity index (χ0) is 13.7. The van der Waals surface area contributed by atoms with Gasteiger partial charge in [0.2, 0.25) is 5.91 Å². The number of hydrogen-bond donors (Lipinski definition) is 2. The Labute approximate surface area is 119 Å². The van der Waals surface area contributed by atoms with Gasteiger partial charge < -0.3 is 11.1 Å². The summed E-state index contributed by atoms with van der Waals surface area (Å²) >= 11 is 0. The van der Waals surface area contributed by atoms with Crippen LogP contribution < -0.4 is 11.1 Å². The summed E-state index contributed by atoms with van der Waals surface area (Å²) in [5.41, 5.74) is 7.87. The average Bonchev–Trinajstić information content (AvgIpc) is 2.93. The van der Waals surface area contributed by atoms with Crippen LogP contribution in [0.5, 0.6) is 0 Å². The zero-order valence-corrected chi connectivity index (χ0v) is 11.7. The molecule has 20 heavy (non-hydrogen) atoms. The normalized spacial score (nSPS) is 36.8. The summed E-state index contributed by atoms with van der Waals surface area (Å²) in [6, 6.07) is 8.18. The summed E-state index contributed by atoms with van der Waals surface area (Å²) in [4.78, 5) is 12.3. The first-order chi connectivity index (χ1) is 9.78. The molecule has 3 fully saturated rings. The van der Waals surface area contributed by atoms with Crippen LogP contribution in [0.4, 0.5) is 0 Å². The van der Waals surface area contributed by atoms with E-state index in [2.05, 4.69) is 17.4 Å². The lowest BCUT2D eigenvalue weighted by molar-refractivity contribution is -0.123. The molecule has 3 heteroatoms. The van der Waals surface area contributed by atoms with Crippen molar-refractivity contribution in [3.8, 4) is 0 Å². The fourth-order valence-electron chi connectivity index (χ4n) is 4.78. The van der Waals surface area contributed by atoms with Crippen molar-refractivity contribution in [3.63, 3.8) is 0 Å². The highest BCUT2D eigenvalue weighted by Crippen LogP contribution is 2.69. The molecule has 0 heterocycles. The van der Waals surface area contributed by atoms with Crippen molar-refractivity contribution in [3.05, 3.63) is 35.4 Å². The standard InChI is InChI=1S/C17H22N2O/c18-8-10-1-3-11(4-2-10)9-19-17(20)16-14-12-5-6-13(7-12)15(14)16/h1-4,12-16H,5-9,18H2,(H,19,20). The van der Waals surface area contributed by atoms with E-state index in [1.165, 1.54) is 19.3 Å². The molecule has 1 amide bonds. The molecule has 0 aliphatic heterocycles. The molecule has 3 N–H and O–H groups in total. The third-order valence-electron chi connectivity index (χ3n) is 5.76. The van der Waals surface area contributed by atoms with Crippen LogP contribution in [0.15, 0.2) is 24.3 Å². The van der Waals surface area contributed by atoms with Crippen LogP contribution in [-0.2, 0) is 17.9 Å². The fourth-order valence-corrected chi connectivity index (χ4v) is 4.78. The summed E-state index contributed by atoms with van der Waals surface area (Å²) < 4.78 is 0. The maximum absolute atomic E-state index is 12.3. The van der Waals surface area contributed by atoms with E-state index in [4.69, 9.17) is 5.73 Å². The van der Waals surface area contributed by atoms with Gasteiger partial charge in [0.05, 0.1) is 0 Å². The highest BCUT2D eigenvalue weighted by atomic mass is 16.2. The Kier molecular flexibility index (Phi) is 2.84. The number of nitrogens with one attached hydrogen (secondary N) is 1. The van der Waals surface area contributed by atoms with Crippen molar-refractivity contribution in [1.29, 1.82) is 0 Å². The molecule has 3 aliphatic carbocycles. The van der Waals surface area contributed by atoms with Crippen molar-refractivity contribution < 1.29 is 4.79 Å². The van der Waals surface area contributed by atoms with Crippen LogP contribution in [0.2, 0.25) is 0 Å². The van der Waals surface area contributed by atoms with E-state index < -0.39 is 0 Å².